The monoisotopic (exact) mass is 259 g/mol. The van der Waals surface area contributed by atoms with E-state index in [2.05, 4.69) is 22.0 Å². The minimum absolute atomic E-state index is 0.00137. The van der Waals surface area contributed by atoms with E-state index in [1.54, 1.807) is 0 Å². The molecule has 2 aliphatic rings. The lowest BCUT2D eigenvalue weighted by atomic mass is 9.99. The Kier molecular flexibility index (Phi) is 3.11. The van der Waals surface area contributed by atoms with Crippen molar-refractivity contribution in [3.05, 3.63) is 29.3 Å². The summed E-state index contributed by atoms with van der Waals surface area (Å²) in [6, 6.07) is 5.70. The molecule has 0 aliphatic carbocycles. The van der Waals surface area contributed by atoms with Gasteiger partial charge in [0.25, 0.3) is 5.91 Å². The van der Waals surface area contributed by atoms with E-state index >= 15 is 0 Å². The number of benzene rings is 1. The Bertz CT molecular complexity index is 527. The van der Waals surface area contributed by atoms with Crippen molar-refractivity contribution in [2.45, 2.75) is 25.3 Å². The molecule has 1 fully saturated rings. The molecule has 0 saturated carbocycles. The number of para-hydroxylation sites is 1. The van der Waals surface area contributed by atoms with E-state index in [9.17, 15) is 9.59 Å². The summed E-state index contributed by atoms with van der Waals surface area (Å²) in [6.07, 6.45) is 2.47. The van der Waals surface area contributed by atoms with Crippen LogP contribution in [0.5, 0.6) is 0 Å². The Hall–Kier alpha value is -2.04. The van der Waals surface area contributed by atoms with Crippen LogP contribution in [0.25, 0.3) is 0 Å². The Morgan fingerprint density at radius 1 is 1.32 bits per heavy atom. The van der Waals surface area contributed by atoms with Crippen LogP contribution in [0.2, 0.25) is 0 Å². The van der Waals surface area contributed by atoms with E-state index < -0.39 is 0 Å². The Labute approximate surface area is 111 Å². The van der Waals surface area contributed by atoms with Gasteiger partial charge in [0.2, 0.25) is 5.91 Å². The topological polar surface area (TPSA) is 70.2 Å². The van der Waals surface area contributed by atoms with Gasteiger partial charge in [-0.05, 0) is 24.5 Å². The summed E-state index contributed by atoms with van der Waals surface area (Å²) >= 11 is 0. The molecule has 1 aromatic carbocycles. The number of fused-ring (bicyclic) bond motifs is 1. The molecular formula is C14H17N3O2. The number of amides is 2. The lowest BCUT2D eigenvalue weighted by molar-refractivity contribution is -0.119. The van der Waals surface area contributed by atoms with E-state index in [1.165, 1.54) is 5.56 Å². The van der Waals surface area contributed by atoms with Crippen LogP contribution in [0.1, 0.15) is 28.8 Å². The van der Waals surface area contributed by atoms with Gasteiger partial charge in [0.05, 0.1) is 17.3 Å². The van der Waals surface area contributed by atoms with Gasteiger partial charge in [0.1, 0.15) is 0 Å². The minimum Gasteiger partial charge on any atom is -0.384 e. The SMILES string of the molecule is O=C1CC(NC(=O)c2cccc3c2NCCC3)CN1. The van der Waals surface area contributed by atoms with Crippen LogP contribution in [0.15, 0.2) is 18.2 Å². The van der Waals surface area contributed by atoms with Crippen LogP contribution >= 0.6 is 0 Å². The molecule has 3 rings (SSSR count). The van der Waals surface area contributed by atoms with Gasteiger partial charge in [-0.3, -0.25) is 9.59 Å². The highest BCUT2D eigenvalue weighted by molar-refractivity contribution is 6.01. The standard InChI is InChI=1S/C14H17N3O2/c18-12-7-10(8-16-12)17-14(19)11-5-1-3-9-4-2-6-15-13(9)11/h1,3,5,10,15H,2,4,6-8H2,(H,16,18)(H,17,19). The largest absolute Gasteiger partial charge is 0.384 e. The third kappa shape index (κ3) is 2.41. The van der Waals surface area contributed by atoms with Gasteiger partial charge in [-0.25, -0.2) is 0 Å². The van der Waals surface area contributed by atoms with Gasteiger partial charge in [0, 0.05) is 19.5 Å². The van der Waals surface area contributed by atoms with Gasteiger partial charge >= 0.3 is 0 Å². The highest BCUT2D eigenvalue weighted by atomic mass is 16.2. The number of carbonyl (C=O) groups excluding carboxylic acids is 2. The smallest absolute Gasteiger partial charge is 0.253 e. The highest BCUT2D eigenvalue weighted by Crippen LogP contribution is 2.26. The third-order valence-corrected chi connectivity index (χ3v) is 3.63. The van der Waals surface area contributed by atoms with Crippen molar-refractivity contribution in [1.82, 2.24) is 10.6 Å². The summed E-state index contributed by atoms with van der Waals surface area (Å²) in [5.41, 5.74) is 2.82. The van der Waals surface area contributed by atoms with Crippen molar-refractivity contribution < 1.29 is 9.59 Å². The van der Waals surface area contributed by atoms with Gasteiger partial charge < -0.3 is 16.0 Å². The van der Waals surface area contributed by atoms with Crippen LogP contribution in [0, 0.1) is 0 Å². The normalized spacial score (nSPS) is 21.3. The first-order chi connectivity index (χ1) is 9.24. The van der Waals surface area contributed by atoms with E-state index in [1.807, 2.05) is 12.1 Å². The number of nitrogens with one attached hydrogen (secondary N) is 3. The molecule has 0 aromatic heterocycles. The van der Waals surface area contributed by atoms with Crippen molar-refractivity contribution in [2.24, 2.45) is 0 Å². The molecule has 2 heterocycles. The summed E-state index contributed by atoms with van der Waals surface area (Å²) in [4.78, 5) is 23.4. The zero-order valence-corrected chi connectivity index (χ0v) is 10.7. The molecule has 1 unspecified atom stereocenters. The number of hydrogen-bond donors (Lipinski definition) is 3. The molecule has 2 aliphatic heterocycles. The summed E-state index contributed by atoms with van der Waals surface area (Å²) < 4.78 is 0. The van der Waals surface area contributed by atoms with Crippen molar-refractivity contribution in [3.63, 3.8) is 0 Å². The molecule has 0 radical (unpaired) electrons. The fourth-order valence-electron chi connectivity index (χ4n) is 2.67. The fourth-order valence-corrected chi connectivity index (χ4v) is 2.67. The maximum Gasteiger partial charge on any atom is 0.253 e. The zero-order valence-electron chi connectivity index (χ0n) is 10.7. The minimum atomic E-state index is -0.104. The average molecular weight is 259 g/mol. The first kappa shape index (κ1) is 12.0. The first-order valence-corrected chi connectivity index (χ1v) is 6.67. The third-order valence-electron chi connectivity index (χ3n) is 3.63. The number of carbonyl (C=O) groups is 2. The second kappa shape index (κ2) is 4.91. The summed E-state index contributed by atoms with van der Waals surface area (Å²) in [5.74, 6) is -0.105. The van der Waals surface area contributed by atoms with Crippen molar-refractivity contribution in [2.75, 3.05) is 18.4 Å². The summed E-state index contributed by atoms with van der Waals surface area (Å²) in [7, 11) is 0. The van der Waals surface area contributed by atoms with Crippen molar-refractivity contribution >= 4 is 17.5 Å². The van der Waals surface area contributed by atoms with Crippen LogP contribution in [-0.2, 0) is 11.2 Å². The predicted octanol–water partition coefficient (Wildman–Crippen LogP) is 0.663. The maximum absolute atomic E-state index is 12.3. The Morgan fingerprint density at radius 2 is 2.21 bits per heavy atom. The van der Waals surface area contributed by atoms with Crippen molar-refractivity contribution in [3.8, 4) is 0 Å². The molecule has 19 heavy (non-hydrogen) atoms. The first-order valence-electron chi connectivity index (χ1n) is 6.67. The molecule has 0 spiro atoms. The van der Waals surface area contributed by atoms with E-state index in [4.69, 9.17) is 0 Å². The lowest BCUT2D eigenvalue weighted by Gasteiger charge is -2.21. The van der Waals surface area contributed by atoms with Gasteiger partial charge in [-0.2, -0.15) is 0 Å². The molecular weight excluding hydrogens is 242 g/mol. The molecule has 0 bridgehead atoms. The lowest BCUT2D eigenvalue weighted by Crippen LogP contribution is -2.36. The Morgan fingerprint density at radius 3 is 3.00 bits per heavy atom. The number of hydrogen-bond acceptors (Lipinski definition) is 3. The highest BCUT2D eigenvalue weighted by Gasteiger charge is 2.25. The average Bonchev–Trinajstić information content (AvgIpc) is 2.83. The quantitative estimate of drug-likeness (QED) is 0.731. The molecule has 5 nitrogen and oxygen atoms in total. The van der Waals surface area contributed by atoms with E-state index in [0.717, 1.165) is 25.1 Å². The number of anilines is 1. The second-order valence-corrected chi connectivity index (χ2v) is 5.05. The molecule has 100 valence electrons. The molecule has 1 atom stereocenters. The van der Waals surface area contributed by atoms with Crippen LogP contribution in [-0.4, -0.2) is 30.9 Å². The molecule has 1 aromatic rings. The van der Waals surface area contributed by atoms with Gasteiger partial charge in [-0.1, -0.05) is 12.1 Å². The predicted molar refractivity (Wildman–Crippen MR) is 72.1 cm³/mol. The second-order valence-electron chi connectivity index (χ2n) is 5.05. The molecule has 2 amide bonds. The van der Waals surface area contributed by atoms with Crippen LogP contribution in [0.4, 0.5) is 5.69 Å². The van der Waals surface area contributed by atoms with Crippen LogP contribution in [0.3, 0.4) is 0 Å². The van der Waals surface area contributed by atoms with E-state index in [-0.39, 0.29) is 17.9 Å². The fraction of sp³-hybridized carbons (Fsp3) is 0.429. The van der Waals surface area contributed by atoms with Gasteiger partial charge in [0.15, 0.2) is 0 Å². The summed E-state index contributed by atoms with van der Waals surface area (Å²) in [5, 5.41) is 8.94. The molecule has 5 heteroatoms. The molecule has 3 N–H and O–H groups in total. The zero-order chi connectivity index (χ0) is 13.2. The van der Waals surface area contributed by atoms with Crippen molar-refractivity contribution in [1.29, 1.82) is 0 Å². The van der Waals surface area contributed by atoms with Crippen LogP contribution < -0.4 is 16.0 Å². The number of aryl methyl sites for hydroxylation is 1. The maximum atomic E-state index is 12.3. The van der Waals surface area contributed by atoms with E-state index in [0.29, 0.717) is 18.5 Å². The Balaban J connectivity index is 1.78. The number of rotatable bonds is 2. The van der Waals surface area contributed by atoms with Gasteiger partial charge in [-0.15, -0.1) is 0 Å². The summed E-state index contributed by atoms with van der Waals surface area (Å²) in [6.45, 7) is 1.42. The molecule has 1 saturated heterocycles.